The summed E-state index contributed by atoms with van der Waals surface area (Å²) in [6, 6.07) is 0. The molecule has 0 N–H and O–H groups in total. The van der Waals surface area contributed by atoms with Crippen molar-refractivity contribution in [2.24, 2.45) is 14.1 Å². The number of imidazole rings is 2. The van der Waals surface area contributed by atoms with E-state index in [0.717, 1.165) is 31.7 Å². The first-order chi connectivity index (χ1) is 13.4. The van der Waals surface area contributed by atoms with Gasteiger partial charge < -0.3 is 9.11 Å². The third kappa shape index (κ3) is 16.4. The van der Waals surface area contributed by atoms with Crippen LogP contribution in [0.5, 0.6) is 0 Å². The molecule has 164 valence electrons. The molecular formula is C17H28N4O6S2. The normalized spacial score (nSPS) is 10.9. The molecule has 0 saturated carbocycles. The molecular weight excluding hydrogens is 420 g/mol. The molecule has 0 spiro atoms. The predicted molar refractivity (Wildman–Crippen MR) is 105 cm³/mol. The van der Waals surface area contributed by atoms with Crippen molar-refractivity contribution >= 4 is 20.2 Å². The van der Waals surface area contributed by atoms with E-state index < -0.39 is 31.7 Å². The van der Waals surface area contributed by atoms with Crippen molar-refractivity contribution in [2.75, 3.05) is 11.5 Å². The Morgan fingerprint density at radius 3 is 1.34 bits per heavy atom. The van der Waals surface area contributed by atoms with Crippen LogP contribution in [0.1, 0.15) is 6.42 Å². The summed E-state index contributed by atoms with van der Waals surface area (Å²) in [5.74, 6) is -0.958. The summed E-state index contributed by atoms with van der Waals surface area (Å²) < 4.78 is 66.2. The average molecular weight is 449 g/mol. The maximum absolute atomic E-state index is 9.60. The topological polar surface area (TPSA) is 132 Å². The lowest BCUT2D eigenvalue weighted by Crippen LogP contribution is -2.36. The zero-order valence-corrected chi connectivity index (χ0v) is 18.3. The van der Waals surface area contributed by atoms with Gasteiger partial charge in [0.15, 0.2) is 0 Å². The van der Waals surface area contributed by atoms with Crippen molar-refractivity contribution in [1.82, 2.24) is 9.13 Å². The summed E-state index contributed by atoms with van der Waals surface area (Å²) in [6.45, 7) is 8.28. The fraction of sp³-hybridized carbons (Fsp3) is 0.412. The van der Waals surface area contributed by atoms with Gasteiger partial charge in [-0.3, -0.25) is 0 Å². The highest BCUT2D eigenvalue weighted by atomic mass is 32.2. The van der Waals surface area contributed by atoms with Crippen LogP contribution in [-0.4, -0.2) is 46.6 Å². The van der Waals surface area contributed by atoms with Gasteiger partial charge in [0.2, 0.25) is 12.7 Å². The molecule has 2 rings (SSSR count). The standard InChI is InChI=1S/C11H18N4.2C3H6O3S/c1-12-6-8-14(10-12)4-3-5-15-9-7-13(2)11-15;2*1-2-3-7(4,5)6/h6-11H,3-5H2,1-2H3;2*2H,1,3H2,(H,4,5,6)/q+2;;/p-2. The summed E-state index contributed by atoms with van der Waals surface area (Å²) in [7, 11) is -4.00. The molecule has 12 heteroatoms. The molecule has 29 heavy (non-hydrogen) atoms. The largest absolute Gasteiger partial charge is 0.748 e. The van der Waals surface area contributed by atoms with Crippen LogP contribution < -0.4 is 9.13 Å². The Morgan fingerprint density at radius 1 is 0.828 bits per heavy atom. The maximum atomic E-state index is 9.60. The molecule has 10 nitrogen and oxygen atoms in total. The number of hydrogen-bond donors (Lipinski definition) is 0. The van der Waals surface area contributed by atoms with Gasteiger partial charge in [-0.2, -0.15) is 0 Å². The van der Waals surface area contributed by atoms with Gasteiger partial charge in [0.05, 0.1) is 58.9 Å². The molecule has 0 bridgehead atoms. The maximum Gasteiger partial charge on any atom is 0.243 e. The molecule has 0 aromatic carbocycles. The minimum Gasteiger partial charge on any atom is -0.748 e. The molecule has 2 heterocycles. The quantitative estimate of drug-likeness (QED) is 0.303. The third-order valence-corrected chi connectivity index (χ3v) is 4.41. The van der Waals surface area contributed by atoms with Crippen molar-refractivity contribution in [2.45, 2.75) is 19.5 Å². The summed E-state index contributed by atoms with van der Waals surface area (Å²) in [4.78, 5) is 0. The SMILES string of the molecule is C=CCS(=O)(=O)[O-].C=CCS(=O)(=O)[O-].Cn1cc[n+](CCC[n+]2ccn(C)c2)c1. The second-order valence-corrected chi connectivity index (χ2v) is 8.91. The number of aryl methyl sites for hydroxylation is 4. The number of rotatable bonds is 8. The first kappa shape index (κ1) is 26.7. The van der Waals surface area contributed by atoms with Crippen molar-refractivity contribution in [3.05, 3.63) is 62.8 Å². The van der Waals surface area contributed by atoms with Gasteiger partial charge in [0.25, 0.3) is 0 Å². The van der Waals surface area contributed by atoms with Crippen molar-refractivity contribution in [3.63, 3.8) is 0 Å². The van der Waals surface area contributed by atoms with E-state index in [1.165, 1.54) is 0 Å². The fourth-order valence-electron chi connectivity index (χ4n) is 1.99. The number of aromatic nitrogens is 4. The van der Waals surface area contributed by atoms with E-state index in [-0.39, 0.29) is 0 Å². The van der Waals surface area contributed by atoms with Crippen LogP contribution in [0.3, 0.4) is 0 Å². The van der Waals surface area contributed by atoms with Gasteiger partial charge >= 0.3 is 0 Å². The molecule has 0 amide bonds. The molecule has 0 atom stereocenters. The lowest BCUT2D eigenvalue weighted by atomic mass is 10.4. The Bertz CT molecular complexity index is 883. The summed E-state index contributed by atoms with van der Waals surface area (Å²) >= 11 is 0. The second-order valence-electron chi connectivity index (χ2n) is 6.01. The lowest BCUT2D eigenvalue weighted by Gasteiger charge is -1.98. The second kappa shape index (κ2) is 13.0. The van der Waals surface area contributed by atoms with Crippen LogP contribution in [0, 0.1) is 0 Å². The smallest absolute Gasteiger partial charge is 0.243 e. The van der Waals surface area contributed by atoms with Crippen LogP contribution in [-0.2, 0) is 47.4 Å². The van der Waals surface area contributed by atoms with Crippen molar-refractivity contribution < 1.29 is 35.1 Å². The van der Waals surface area contributed by atoms with Crippen LogP contribution >= 0.6 is 0 Å². The zero-order valence-electron chi connectivity index (χ0n) is 16.6. The van der Waals surface area contributed by atoms with Crippen LogP contribution in [0.4, 0.5) is 0 Å². The van der Waals surface area contributed by atoms with E-state index in [9.17, 15) is 25.9 Å². The molecule has 2 aromatic rings. The number of hydrogen-bond acceptors (Lipinski definition) is 6. The van der Waals surface area contributed by atoms with Crippen LogP contribution in [0.25, 0.3) is 0 Å². The van der Waals surface area contributed by atoms with E-state index in [0.29, 0.717) is 0 Å². The van der Waals surface area contributed by atoms with Gasteiger partial charge in [0.1, 0.15) is 24.8 Å². The molecule has 0 unspecified atom stereocenters. The monoisotopic (exact) mass is 448 g/mol. The Morgan fingerprint density at radius 2 is 1.17 bits per heavy atom. The highest BCUT2D eigenvalue weighted by Gasteiger charge is 2.02. The van der Waals surface area contributed by atoms with Crippen LogP contribution in [0.2, 0.25) is 0 Å². The van der Waals surface area contributed by atoms with Gasteiger partial charge in [-0.25, -0.2) is 35.1 Å². The zero-order chi connectivity index (χ0) is 22.5. The molecule has 2 aromatic heterocycles. The molecule has 0 aliphatic heterocycles. The lowest BCUT2D eigenvalue weighted by molar-refractivity contribution is -0.726. The fourth-order valence-corrected chi connectivity index (χ4v) is 2.57. The molecule has 0 fully saturated rings. The van der Waals surface area contributed by atoms with E-state index >= 15 is 0 Å². The first-order valence-electron chi connectivity index (χ1n) is 8.47. The van der Waals surface area contributed by atoms with E-state index in [1.54, 1.807) is 0 Å². The van der Waals surface area contributed by atoms with E-state index in [2.05, 4.69) is 68.9 Å². The van der Waals surface area contributed by atoms with Crippen LogP contribution in [0.15, 0.2) is 62.8 Å². The van der Waals surface area contributed by atoms with Gasteiger partial charge in [-0.15, -0.1) is 13.2 Å². The minimum absolute atomic E-state index is 0.479. The van der Waals surface area contributed by atoms with E-state index in [1.807, 2.05) is 14.1 Å². The Balaban J connectivity index is 0.000000473. The Labute approximate surface area is 172 Å². The summed E-state index contributed by atoms with van der Waals surface area (Å²) in [5.41, 5.74) is 0. The van der Waals surface area contributed by atoms with Gasteiger partial charge in [0, 0.05) is 6.42 Å². The Kier molecular flexibility index (Phi) is 12.0. The van der Waals surface area contributed by atoms with E-state index in [4.69, 9.17) is 0 Å². The summed E-state index contributed by atoms with van der Waals surface area (Å²) in [6.07, 6.45) is 15.8. The summed E-state index contributed by atoms with van der Waals surface area (Å²) in [5, 5.41) is 0. The van der Waals surface area contributed by atoms with Gasteiger partial charge in [-0.1, -0.05) is 12.2 Å². The van der Waals surface area contributed by atoms with Crippen molar-refractivity contribution in [1.29, 1.82) is 0 Å². The first-order valence-corrected chi connectivity index (χ1v) is 11.6. The molecule has 0 aliphatic rings. The number of nitrogens with zero attached hydrogens (tertiary/aromatic N) is 4. The molecule has 0 radical (unpaired) electrons. The molecule has 0 saturated heterocycles. The highest BCUT2D eigenvalue weighted by molar-refractivity contribution is 7.86. The highest BCUT2D eigenvalue weighted by Crippen LogP contribution is 1.84. The van der Waals surface area contributed by atoms with Gasteiger partial charge in [-0.05, 0) is 0 Å². The minimum atomic E-state index is -4.04. The third-order valence-electron chi connectivity index (χ3n) is 3.12. The average Bonchev–Trinajstić information content (AvgIpc) is 3.15. The molecule has 0 aliphatic carbocycles. The van der Waals surface area contributed by atoms with Crippen molar-refractivity contribution in [3.8, 4) is 0 Å². The Hall–Kier alpha value is -2.28. The predicted octanol–water partition coefficient (Wildman–Crippen LogP) is -0.536.